The summed E-state index contributed by atoms with van der Waals surface area (Å²) in [6, 6.07) is 0. The van der Waals surface area contributed by atoms with Crippen LogP contribution >= 0.6 is 11.8 Å². The van der Waals surface area contributed by atoms with E-state index in [0.717, 1.165) is 44.4 Å². The first-order valence-corrected chi connectivity index (χ1v) is 10.7. The van der Waals surface area contributed by atoms with Gasteiger partial charge in [-0.1, -0.05) is 12.8 Å². The number of hydrogen-bond donors (Lipinski definition) is 2. The van der Waals surface area contributed by atoms with Crippen molar-refractivity contribution in [3.63, 3.8) is 0 Å². The number of ether oxygens (including phenoxy) is 1. The maximum Gasteiger partial charge on any atom is 0.243 e. The van der Waals surface area contributed by atoms with Crippen LogP contribution in [0.25, 0.3) is 0 Å². The van der Waals surface area contributed by atoms with E-state index < -0.39 is 0 Å². The molecule has 25 heavy (non-hydrogen) atoms. The molecule has 1 saturated carbocycles. The van der Waals surface area contributed by atoms with Gasteiger partial charge in [0.05, 0.1) is 0 Å². The number of carbonyl (C=O) groups excluding carboxylic acids is 1. The highest BCUT2D eigenvalue weighted by molar-refractivity contribution is 7.98. The highest BCUT2D eigenvalue weighted by Crippen LogP contribution is 2.40. The van der Waals surface area contributed by atoms with E-state index in [9.17, 15) is 4.79 Å². The number of nitrogens with one attached hydrogen (secondary N) is 2. The molecule has 0 unspecified atom stereocenters. The molecule has 1 amide bonds. The summed E-state index contributed by atoms with van der Waals surface area (Å²) < 4.78 is 5.59. The molecule has 0 aromatic carbocycles. The largest absolute Gasteiger partial charge is 0.382 e. The van der Waals surface area contributed by atoms with Crippen LogP contribution in [0.5, 0.6) is 0 Å². The number of carbonyl (C=O) groups is 1. The van der Waals surface area contributed by atoms with Crippen molar-refractivity contribution < 1.29 is 9.53 Å². The number of hydrogen-bond acceptors (Lipinski definition) is 4. The van der Waals surface area contributed by atoms with E-state index in [1.807, 2.05) is 6.92 Å². The lowest BCUT2D eigenvalue weighted by Gasteiger charge is -2.30. The number of aliphatic imine (C=N–C) groups is 1. The summed E-state index contributed by atoms with van der Waals surface area (Å²) in [6.45, 7) is 5.55. The Kier molecular flexibility index (Phi) is 11.0. The van der Waals surface area contributed by atoms with Crippen LogP contribution in [-0.4, -0.2) is 75.7 Å². The van der Waals surface area contributed by atoms with Gasteiger partial charge in [0.2, 0.25) is 5.91 Å². The maximum absolute atomic E-state index is 11.8. The number of amides is 1. The summed E-state index contributed by atoms with van der Waals surface area (Å²) in [5.74, 6) is 1.77. The second-order valence-corrected chi connectivity index (χ2v) is 7.87. The zero-order valence-corrected chi connectivity index (χ0v) is 17.2. The van der Waals surface area contributed by atoms with E-state index in [1.54, 1.807) is 30.8 Å². The number of rotatable bonds is 11. The lowest BCUT2D eigenvalue weighted by atomic mass is 9.83. The van der Waals surface area contributed by atoms with Crippen molar-refractivity contribution >= 4 is 23.6 Å². The van der Waals surface area contributed by atoms with Crippen LogP contribution in [0.4, 0.5) is 0 Å². The molecular weight excluding hydrogens is 336 g/mol. The Labute approximate surface area is 157 Å². The molecule has 1 aliphatic rings. The molecule has 0 aromatic heterocycles. The lowest BCUT2D eigenvalue weighted by molar-refractivity contribution is -0.127. The molecular formula is C18H36N4O2S. The normalized spacial score (nSPS) is 16.7. The first kappa shape index (κ1) is 22.1. The minimum Gasteiger partial charge on any atom is -0.382 e. The average Bonchev–Trinajstić information content (AvgIpc) is 3.06. The van der Waals surface area contributed by atoms with Crippen LogP contribution in [0.1, 0.15) is 39.0 Å². The van der Waals surface area contributed by atoms with E-state index in [4.69, 9.17) is 4.74 Å². The third kappa shape index (κ3) is 8.81. The fraction of sp³-hybridized carbons (Fsp3) is 0.889. The first-order valence-electron chi connectivity index (χ1n) is 9.32. The van der Waals surface area contributed by atoms with E-state index in [0.29, 0.717) is 5.41 Å². The summed E-state index contributed by atoms with van der Waals surface area (Å²) in [5.41, 5.74) is 0.294. The van der Waals surface area contributed by atoms with Gasteiger partial charge in [-0.3, -0.25) is 4.79 Å². The van der Waals surface area contributed by atoms with Crippen LogP contribution in [0.15, 0.2) is 4.99 Å². The molecule has 1 rings (SSSR count). The summed E-state index contributed by atoms with van der Waals surface area (Å²) in [4.78, 5) is 17.9. The number of guanidine groups is 1. The minimum absolute atomic E-state index is 0.0119. The summed E-state index contributed by atoms with van der Waals surface area (Å²) in [5, 5.41) is 6.83. The highest BCUT2D eigenvalue weighted by atomic mass is 32.2. The molecule has 0 atom stereocenters. The molecule has 1 fully saturated rings. The van der Waals surface area contributed by atoms with Crippen LogP contribution in [0.2, 0.25) is 0 Å². The first-order chi connectivity index (χ1) is 12.0. The molecule has 0 radical (unpaired) electrons. The Bertz CT molecular complexity index is 410. The molecule has 7 heteroatoms. The van der Waals surface area contributed by atoms with Crippen LogP contribution in [-0.2, 0) is 9.53 Å². The van der Waals surface area contributed by atoms with Gasteiger partial charge in [0.15, 0.2) is 5.96 Å². The minimum atomic E-state index is 0.0119. The monoisotopic (exact) mass is 372 g/mol. The van der Waals surface area contributed by atoms with E-state index in [-0.39, 0.29) is 12.5 Å². The van der Waals surface area contributed by atoms with Crippen molar-refractivity contribution in [3.8, 4) is 0 Å². The molecule has 2 N–H and O–H groups in total. The second-order valence-electron chi connectivity index (χ2n) is 6.88. The molecule has 146 valence electrons. The lowest BCUT2D eigenvalue weighted by Crippen LogP contribution is -2.44. The second kappa shape index (κ2) is 12.4. The Balaban J connectivity index is 2.60. The van der Waals surface area contributed by atoms with Crippen molar-refractivity contribution in [2.45, 2.75) is 39.0 Å². The van der Waals surface area contributed by atoms with Gasteiger partial charge in [0.25, 0.3) is 0 Å². The molecule has 1 aliphatic carbocycles. The van der Waals surface area contributed by atoms with Gasteiger partial charge in [0.1, 0.15) is 6.54 Å². The Morgan fingerprint density at radius 1 is 1.28 bits per heavy atom. The SMILES string of the molecule is CCOCCC1(CNC(=NCC(=O)N(C)C)NCCSC)CCCC1. The maximum atomic E-state index is 11.8. The predicted molar refractivity (Wildman–Crippen MR) is 107 cm³/mol. The van der Waals surface area contributed by atoms with Crippen molar-refractivity contribution in [3.05, 3.63) is 0 Å². The van der Waals surface area contributed by atoms with Gasteiger partial charge < -0.3 is 20.3 Å². The van der Waals surface area contributed by atoms with Gasteiger partial charge in [-0.15, -0.1) is 0 Å². The van der Waals surface area contributed by atoms with Crippen LogP contribution < -0.4 is 10.6 Å². The zero-order chi connectivity index (χ0) is 18.5. The number of nitrogens with zero attached hydrogens (tertiary/aromatic N) is 2. The van der Waals surface area contributed by atoms with Gasteiger partial charge in [-0.05, 0) is 37.9 Å². The molecule has 0 aliphatic heterocycles. The third-order valence-electron chi connectivity index (χ3n) is 4.75. The molecule has 0 heterocycles. The molecule has 6 nitrogen and oxygen atoms in total. The van der Waals surface area contributed by atoms with Gasteiger partial charge in [0, 0.05) is 46.2 Å². The Hall–Kier alpha value is -0.950. The topological polar surface area (TPSA) is 66.0 Å². The third-order valence-corrected chi connectivity index (χ3v) is 5.36. The standard InChI is InChI=1S/C18H36N4O2S/c1-5-24-12-10-18(8-6-7-9-18)15-21-17(19-11-13-25-4)20-14-16(23)22(2)3/h5-15H2,1-4H3,(H2,19,20,21). The van der Waals surface area contributed by atoms with E-state index in [2.05, 4.69) is 21.9 Å². The molecule has 0 spiro atoms. The highest BCUT2D eigenvalue weighted by Gasteiger charge is 2.33. The number of likely N-dealkylation sites (N-methyl/N-ethyl adjacent to an activating group) is 1. The predicted octanol–water partition coefficient (Wildman–Crippen LogP) is 1.96. The summed E-state index contributed by atoms with van der Waals surface area (Å²) in [7, 11) is 3.51. The van der Waals surface area contributed by atoms with Crippen molar-refractivity contribution in [2.24, 2.45) is 10.4 Å². The Morgan fingerprint density at radius 3 is 2.60 bits per heavy atom. The molecule has 0 bridgehead atoms. The molecule has 0 saturated heterocycles. The summed E-state index contributed by atoms with van der Waals surface area (Å²) >= 11 is 1.79. The van der Waals surface area contributed by atoms with E-state index in [1.165, 1.54) is 25.7 Å². The quantitative estimate of drug-likeness (QED) is 0.330. The summed E-state index contributed by atoms with van der Waals surface area (Å²) in [6.07, 6.45) is 8.23. The fourth-order valence-electron chi connectivity index (χ4n) is 3.08. The smallest absolute Gasteiger partial charge is 0.243 e. The van der Waals surface area contributed by atoms with Crippen molar-refractivity contribution in [1.82, 2.24) is 15.5 Å². The van der Waals surface area contributed by atoms with Crippen molar-refractivity contribution in [2.75, 3.05) is 59.0 Å². The van der Waals surface area contributed by atoms with Gasteiger partial charge in [-0.2, -0.15) is 11.8 Å². The van der Waals surface area contributed by atoms with E-state index >= 15 is 0 Å². The van der Waals surface area contributed by atoms with Crippen LogP contribution in [0, 0.1) is 5.41 Å². The zero-order valence-electron chi connectivity index (χ0n) is 16.4. The Morgan fingerprint density at radius 2 is 2.00 bits per heavy atom. The van der Waals surface area contributed by atoms with Gasteiger partial charge >= 0.3 is 0 Å². The van der Waals surface area contributed by atoms with Gasteiger partial charge in [-0.25, -0.2) is 4.99 Å². The fourth-order valence-corrected chi connectivity index (χ4v) is 3.38. The average molecular weight is 373 g/mol. The number of thioether (sulfide) groups is 1. The van der Waals surface area contributed by atoms with Crippen molar-refractivity contribution in [1.29, 1.82) is 0 Å². The van der Waals surface area contributed by atoms with Crippen LogP contribution in [0.3, 0.4) is 0 Å². The molecule has 0 aromatic rings.